The first kappa shape index (κ1) is 23.0. The Kier molecular flexibility index (Phi) is 5.88. The topological polar surface area (TPSA) is 91.8 Å². The first-order valence-corrected chi connectivity index (χ1v) is 12.9. The number of aromatic nitrogens is 1. The molecule has 2 N–H and O–H groups in total. The van der Waals surface area contributed by atoms with Crippen LogP contribution in [-0.4, -0.2) is 58.1 Å². The summed E-state index contributed by atoms with van der Waals surface area (Å²) in [6, 6.07) is 18.9. The van der Waals surface area contributed by atoms with Crippen molar-refractivity contribution < 1.29 is 19.4 Å². The van der Waals surface area contributed by atoms with Gasteiger partial charge in [0.1, 0.15) is 11.4 Å². The van der Waals surface area contributed by atoms with Crippen LogP contribution in [0.2, 0.25) is 0 Å². The maximum absolute atomic E-state index is 13.1. The molecule has 6 rings (SSSR count). The lowest BCUT2D eigenvalue weighted by Crippen LogP contribution is -2.54. The third kappa shape index (κ3) is 4.55. The van der Waals surface area contributed by atoms with Crippen molar-refractivity contribution in [3.8, 4) is 5.75 Å². The minimum Gasteiger partial charge on any atom is -0.508 e. The van der Waals surface area contributed by atoms with Crippen molar-refractivity contribution >= 4 is 22.7 Å². The van der Waals surface area contributed by atoms with E-state index in [4.69, 9.17) is 4.74 Å². The van der Waals surface area contributed by atoms with E-state index < -0.39 is 0 Å². The minimum absolute atomic E-state index is 0.0732. The number of likely N-dealkylation sites (tertiary alicyclic amines) is 1. The summed E-state index contributed by atoms with van der Waals surface area (Å²) in [5.74, 6) is 0.669. The average molecular weight is 486 g/mol. The number of hydrogen-bond acceptors (Lipinski definition) is 5. The molecule has 186 valence electrons. The molecule has 7 nitrogen and oxygen atoms in total. The van der Waals surface area contributed by atoms with Gasteiger partial charge in [-0.2, -0.15) is 0 Å². The molecule has 1 aromatic heterocycles. The molecule has 3 atom stereocenters. The zero-order chi connectivity index (χ0) is 24.7. The number of nitrogens with one attached hydrogen (secondary N) is 1. The summed E-state index contributed by atoms with van der Waals surface area (Å²) < 4.78 is 6.26. The summed E-state index contributed by atoms with van der Waals surface area (Å²) in [6.45, 7) is 1.84. The highest BCUT2D eigenvalue weighted by Gasteiger charge is 2.46. The Morgan fingerprint density at radius 3 is 2.67 bits per heavy atom. The van der Waals surface area contributed by atoms with Gasteiger partial charge in [-0.3, -0.25) is 9.59 Å². The summed E-state index contributed by atoms with van der Waals surface area (Å²) in [7, 11) is 0. The molecule has 3 aliphatic rings. The molecule has 3 fully saturated rings. The van der Waals surface area contributed by atoms with E-state index in [1.54, 1.807) is 24.3 Å². The first-order valence-electron chi connectivity index (χ1n) is 12.9. The molecular weight excluding hydrogens is 454 g/mol. The molecule has 3 aromatic rings. The van der Waals surface area contributed by atoms with Crippen molar-refractivity contribution in [1.82, 2.24) is 15.2 Å². The molecular formula is C29H31N3O4. The number of pyridine rings is 1. The van der Waals surface area contributed by atoms with Crippen molar-refractivity contribution in [2.75, 3.05) is 19.7 Å². The molecule has 1 aliphatic carbocycles. The van der Waals surface area contributed by atoms with Crippen LogP contribution in [-0.2, 0) is 9.53 Å². The second-order valence-electron chi connectivity index (χ2n) is 10.5. The van der Waals surface area contributed by atoms with Gasteiger partial charge in [-0.25, -0.2) is 4.98 Å². The summed E-state index contributed by atoms with van der Waals surface area (Å²) >= 11 is 0. The van der Waals surface area contributed by atoms with E-state index in [9.17, 15) is 14.7 Å². The second kappa shape index (κ2) is 9.21. The summed E-state index contributed by atoms with van der Waals surface area (Å²) in [6.07, 6.45) is 4.05. The highest BCUT2D eigenvalue weighted by molar-refractivity contribution is 5.95. The fraction of sp³-hybridized carbons (Fsp3) is 0.414. The average Bonchev–Trinajstić information content (AvgIpc) is 3.71. The molecule has 36 heavy (non-hydrogen) atoms. The second-order valence-corrected chi connectivity index (χ2v) is 10.5. The van der Waals surface area contributed by atoms with E-state index in [-0.39, 0.29) is 35.1 Å². The Hall–Kier alpha value is -3.45. The lowest BCUT2D eigenvalue weighted by Gasteiger charge is -2.46. The number of piperidine rings is 1. The van der Waals surface area contributed by atoms with Crippen molar-refractivity contribution in [2.45, 2.75) is 49.7 Å². The van der Waals surface area contributed by atoms with Crippen molar-refractivity contribution in [3.63, 3.8) is 0 Å². The normalized spacial score (nSPS) is 25.0. The molecule has 2 aromatic carbocycles. The lowest BCUT2D eigenvalue weighted by molar-refractivity contribution is -0.131. The molecule has 1 saturated carbocycles. The predicted molar refractivity (Wildman–Crippen MR) is 136 cm³/mol. The third-order valence-corrected chi connectivity index (χ3v) is 8.05. The number of phenolic OH excluding ortho intramolecular Hbond substituents is 1. The van der Waals surface area contributed by atoms with Crippen LogP contribution in [0.15, 0.2) is 60.7 Å². The van der Waals surface area contributed by atoms with E-state index in [0.717, 1.165) is 37.5 Å². The fourth-order valence-electron chi connectivity index (χ4n) is 5.87. The fourth-order valence-corrected chi connectivity index (χ4v) is 5.87. The molecule has 2 amide bonds. The number of ether oxygens (including phenoxy) is 1. The molecule has 2 saturated heterocycles. The minimum atomic E-state index is -0.288. The molecule has 3 unspecified atom stereocenters. The van der Waals surface area contributed by atoms with E-state index >= 15 is 0 Å². The first-order chi connectivity index (χ1) is 17.5. The molecule has 1 spiro atoms. The van der Waals surface area contributed by atoms with Crippen LogP contribution in [0.4, 0.5) is 0 Å². The van der Waals surface area contributed by atoms with E-state index in [1.165, 1.54) is 5.56 Å². The standard InChI is InChI=1S/C29H31N3O4/c33-22-7-9-25-20(16-22)6-8-26(31-25)28(35)32-13-11-29(12-14-32)18-21(10-15-36-29)30-27(34)24-17-23(24)19-4-2-1-3-5-19/h1-9,16,21,23-24,33H,10-15,17-18H2,(H,30,34). The number of nitrogens with zero attached hydrogens (tertiary/aromatic N) is 2. The zero-order valence-corrected chi connectivity index (χ0v) is 20.2. The van der Waals surface area contributed by atoms with E-state index in [1.807, 2.05) is 29.2 Å². The number of carbonyl (C=O) groups is 2. The van der Waals surface area contributed by atoms with Gasteiger partial charge >= 0.3 is 0 Å². The number of benzene rings is 2. The maximum atomic E-state index is 13.1. The van der Waals surface area contributed by atoms with Crippen molar-refractivity contribution in [2.24, 2.45) is 5.92 Å². The van der Waals surface area contributed by atoms with Crippen molar-refractivity contribution in [1.29, 1.82) is 0 Å². The third-order valence-electron chi connectivity index (χ3n) is 8.05. The summed E-state index contributed by atoms with van der Waals surface area (Å²) in [5.41, 5.74) is 2.06. The van der Waals surface area contributed by atoms with E-state index in [0.29, 0.717) is 36.8 Å². The van der Waals surface area contributed by atoms with E-state index in [2.05, 4.69) is 22.4 Å². The number of rotatable bonds is 4. The van der Waals surface area contributed by atoms with Crippen LogP contribution < -0.4 is 5.32 Å². The Morgan fingerprint density at radius 1 is 1.06 bits per heavy atom. The highest BCUT2D eigenvalue weighted by atomic mass is 16.5. The maximum Gasteiger partial charge on any atom is 0.272 e. The molecule has 0 radical (unpaired) electrons. The van der Waals surface area contributed by atoms with Gasteiger partial charge in [0.05, 0.1) is 11.1 Å². The quantitative estimate of drug-likeness (QED) is 0.583. The Balaban J connectivity index is 1.04. The summed E-state index contributed by atoms with van der Waals surface area (Å²) in [4.78, 5) is 32.4. The summed E-state index contributed by atoms with van der Waals surface area (Å²) in [5, 5.41) is 13.8. The molecule has 7 heteroatoms. The number of amides is 2. The monoisotopic (exact) mass is 485 g/mol. The van der Waals surface area contributed by atoms with Crippen LogP contribution in [0, 0.1) is 5.92 Å². The number of fused-ring (bicyclic) bond motifs is 1. The number of phenols is 1. The van der Waals surface area contributed by atoms with Gasteiger partial charge < -0.3 is 20.1 Å². The lowest BCUT2D eigenvalue weighted by atomic mass is 9.82. The Bertz CT molecular complexity index is 1290. The van der Waals surface area contributed by atoms with Crippen LogP contribution in [0.1, 0.15) is 54.1 Å². The van der Waals surface area contributed by atoms with Gasteiger partial charge in [-0.15, -0.1) is 0 Å². The predicted octanol–water partition coefficient (Wildman–Crippen LogP) is 4.01. The smallest absolute Gasteiger partial charge is 0.272 e. The molecule has 0 bridgehead atoms. The van der Waals surface area contributed by atoms with Gasteiger partial charge in [0.2, 0.25) is 5.91 Å². The van der Waals surface area contributed by atoms with Crippen molar-refractivity contribution in [3.05, 3.63) is 71.9 Å². The Morgan fingerprint density at radius 2 is 1.86 bits per heavy atom. The Labute approximate surface area is 210 Å². The number of hydrogen-bond donors (Lipinski definition) is 2. The van der Waals surface area contributed by atoms with Crippen LogP contribution in [0.3, 0.4) is 0 Å². The van der Waals surface area contributed by atoms with Gasteiger partial charge in [-0.05, 0) is 67.9 Å². The molecule has 2 aliphatic heterocycles. The molecule has 3 heterocycles. The van der Waals surface area contributed by atoms with Gasteiger partial charge in [0.25, 0.3) is 5.91 Å². The zero-order valence-electron chi connectivity index (χ0n) is 20.2. The van der Waals surface area contributed by atoms with Crippen LogP contribution in [0.25, 0.3) is 10.9 Å². The highest BCUT2D eigenvalue weighted by Crippen LogP contribution is 2.47. The van der Waals surface area contributed by atoms with Crippen LogP contribution >= 0.6 is 0 Å². The van der Waals surface area contributed by atoms with Gasteiger partial charge in [-0.1, -0.05) is 36.4 Å². The largest absolute Gasteiger partial charge is 0.508 e. The number of carbonyl (C=O) groups excluding carboxylic acids is 2. The van der Waals surface area contributed by atoms with Gasteiger partial charge in [0, 0.05) is 37.0 Å². The SMILES string of the molecule is O=C(NC1CCOC2(CCN(C(=O)c3ccc4cc(O)ccc4n3)CC2)C1)C1CC1c1ccccc1. The van der Waals surface area contributed by atoms with Gasteiger partial charge in [0.15, 0.2) is 0 Å². The number of aromatic hydroxyl groups is 1. The van der Waals surface area contributed by atoms with Crippen LogP contribution in [0.5, 0.6) is 5.75 Å².